The summed E-state index contributed by atoms with van der Waals surface area (Å²) in [6.07, 6.45) is 1.57. The fraction of sp³-hybridized carbons (Fsp3) is 0.365. The Morgan fingerprint density at radius 1 is 0.545 bits per heavy atom. The summed E-state index contributed by atoms with van der Waals surface area (Å²) in [5.74, 6) is -2.69. The Bertz CT molecular complexity index is 3590. The monoisotopic (exact) mass is 1030 g/mol. The molecule has 0 unspecified atom stereocenters. The Morgan fingerprint density at radius 3 is 1.36 bits per heavy atom. The molecule has 2 aliphatic heterocycles. The first-order chi connectivity index (χ1) is 36.9. The molecule has 4 atom stereocenters. The summed E-state index contributed by atoms with van der Waals surface area (Å²) < 4.78 is 8.92. The number of carboxylic acids is 1. The van der Waals surface area contributed by atoms with Gasteiger partial charge in [-0.05, 0) is 183 Å². The Kier molecular flexibility index (Phi) is 15.6. The first-order valence-electron chi connectivity index (χ1n) is 26.8. The van der Waals surface area contributed by atoms with E-state index in [0.29, 0.717) is 38.3 Å². The quantitative estimate of drug-likeness (QED) is 0.116. The number of methoxy groups -OCH3 is 1. The SMILES string of the molecule is CCn1nnc2c(C)c([C@H](c3ccc4c(c3)CN(C(=O)c3ccc(C)c(C)c3)CC4)[C@H](C)C(=O)O)ccc21.CCn1nnc2c(C)c([C@H](c3ccc4c(c3)CN(C(=O)c3ccc(C)c(C)c3)CC4)[C@H](C)C(=O)OC)ccc21. The van der Waals surface area contributed by atoms with Gasteiger partial charge in [-0.2, -0.15) is 0 Å². The number of hydrogen-bond donors (Lipinski definition) is 1. The molecule has 4 heterocycles. The minimum Gasteiger partial charge on any atom is -0.481 e. The number of ether oxygens (including phenoxy) is 1. The van der Waals surface area contributed by atoms with Crippen LogP contribution in [0.4, 0.5) is 0 Å². The van der Waals surface area contributed by atoms with Crippen molar-refractivity contribution in [3.8, 4) is 0 Å². The Labute approximate surface area is 451 Å². The molecule has 0 bridgehead atoms. The summed E-state index contributed by atoms with van der Waals surface area (Å²) >= 11 is 0. The summed E-state index contributed by atoms with van der Waals surface area (Å²) in [5.41, 5.74) is 20.1. The van der Waals surface area contributed by atoms with Gasteiger partial charge in [-0.25, -0.2) is 9.36 Å². The second-order valence-electron chi connectivity index (χ2n) is 21.1. The number of carboxylic acid groups (broad SMARTS) is 1. The average Bonchev–Trinajstić information content (AvgIpc) is 4.10. The van der Waals surface area contributed by atoms with Crippen molar-refractivity contribution in [2.24, 2.45) is 11.8 Å². The van der Waals surface area contributed by atoms with Crippen molar-refractivity contribution in [1.82, 2.24) is 39.8 Å². The van der Waals surface area contributed by atoms with E-state index >= 15 is 0 Å². The lowest BCUT2D eigenvalue weighted by Gasteiger charge is -2.31. The summed E-state index contributed by atoms with van der Waals surface area (Å²) in [7, 11) is 1.43. The number of nitrogens with zero attached hydrogens (tertiary/aromatic N) is 8. The maximum Gasteiger partial charge on any atom is 0.309 e. The van der Waals surface area contributed by atoms with Crippen LogP contribution < -0.4 is 0 Å². The van der Waals surface area contributed by atoms with E-state index in [-0.39, 0.29) is 29.6 Å². The molecule has 8 aromatic rings. The number of amides is 2. The van der Waals surface area contributed by atoms with Crippen molar-refractivity contribution >= 4 is 45.8 Å². The van der Waals surface area contributed by atoms with Gasteiger partial charge in [0.25, 0.3) is 11.8 Å². The molecule has 0 spiro atoms. The lowest BCUT2D eigenvalue weighted by atomic mass is 9.78. The molecule has 10 rings (SSSR count). The van der Waals surface area contributed by atoms with Crippen molar-refractivity contribution in [3.05, 3.63) is 186 Å². The van der Waals surface area contributed by atoms with Gasteiger partial charge in [-0.3, -0.25) is 19.2 Å². The predicted octanol–water partition coefficient (Wildman–Crippen LogP) is 10.9. The van der Waals surface area contributed by atoms with E-state index in [1.807, 2.05) is 129 Å². The molecule has 6 aromatic carbocycles. The van der Waals surface area contributed by atoms with Crippen LogP contribution in [0.15, 0.2) is 97.1 Å². The van der Waals surface area contributed by atoms with E-state index in [2.05, 4.69) is 70.0 Å². The molecule has 14 nitrogen and oxygen atoms in total. The third-order valence-electron chi connectivity index (χ3n) is 16.5. The van der Waals surface area contributed by atoms with Gasteiger partial charge in [0.15, 0.2) is 0 Å². The fourth-order valence-electron chi connectivity index (χ4n) is 11.4. The van der Waals surface area contributed by atoms with Gasteiger partial charge in [0, 0.05) is 62.2 Å². The van der Waals surface area contributed by atoms with E-state index < -0.39 is 17.8 Å². The zero-order valence-corrected chi connectivity index (χ0v) is 46.3. The van der Waals surface area contributed by atoms with Gasteiger partial charge >= 0.3 is 11.9 Å². The topological polar surface area (TPSA) is 166 Å². The van der Waals surface area contributed by atoms with Crippen molar-refractivity contribution < 1.29 is 29.0 Å². The molecule has 0 saturated heterocycles. The zero-order chi connectivity index (χ0) is 55.0. The third kappa shape index (κ3) is 10.5. The highest BCUT2D eigenvalue weighted by atomic mass is 16.5. The van der Waals surface area contributed by atoms with Crippen LogP contribution in [0.5, 0.6) is 0 Å². The van der Waals surface area contributed by atoms with Crippen LogP contribution in [0.25, 0.3) is 22.1 Å². The fourth-order valence-corrected chi connectivity index (χ4v) is 11.4. The molecule has 2 amide bonds. The number of esters is 1. The number of aliphatic carboxylic acids is 1. The van der Waals surface area contributed by atoms with Gasteiger partial charge in [0.2, 0.25) is 0 Å². The van der Waals surface area contributed by atoms with Crippen LogP contribution in [0.3, 0.4) is 0 Å². The van der Waals surface area contributed by atoms with Crippen LogP contribution in [0.2, 0.25) is 0 Å². The van der Waals surface area contributed by atoms with Gasteiger partial charge in [-0.1, -0.05) is 84.9 Å². The molecule has 0 fully saturated rings. The molecule has 14 heteroatoms. The minimum atomic E-state index is -0.851. The van der Waals surface area contributed by atoms with E-state index in [1.54, 1.807) is 6.92 Å². The lowest BCUT2D eigenvalue weighted by molar-refractivity contribution is -0.145. The van der Waals surface area contributed by atoms with Crippen molar-refractivity contribution in [3.63, 3.8) is 0 Å². The van der Waals surface area contributed by atoms with Crippen LogP contribution in [0, 0.1) is 53.4 Å². The van der Waals surface area contributed by atoms with Crippen molar-refractivity contribution in [2.75, 3.05) is 20.2 Å². The summed E-state index contributed by atoms with van der Waals surface area (Å²) in [5, 5.41) is 27.4. The number of carbonyl (C=O) groups is 4. The van der Waals surface area contributed by atoms with Crippen LogP contribution in [-0.4, -0.2) is 88.8 Å². The summed E-state index contributed by atoms with van der Waals surface area (Å²) in [4.78, 5) is 55.7. The smallest absolute Gasteiger partial charge is 0.309 e. The molecule has 2 aromatic heterocycles. The maximum atomic E-state index is 13.4. The van der Waals surface area contributed by atoms with Crippen molar-refractivity contribution in [1.29, 1.82) is 0 Å². The molecule has 0 saturated carbocycles. The van der Waals surface area contributed by atoms with E-state index in [0.717, 1.165) is 103 Å². The number of fused-ring (bicyclic) bond motifs is 4. The first-order valence-corrected chi connectivity index (χ1v) is 26.8. The van der Waals surface area contributed by atoms with Crippen LogP contribution >= 0.6 is 0 Å². The second kappa shape index (κ2) is 22.3. The molecule has 1 N–H and O–H groups in total. The van der Waals surface area contributed by atoms with E-state index in [1.165, 1.54) is 29.4 Å². The van der Waals surface area contributed by atoms with Gasteiger partial charge < -0.3 is 19.6 Å². The van der Waals surface area contributed by atoms with Gasteiger partial charge in [0.05, 0.1) is 30.0 Å². The molecule has 0 radical (unpaired) electrons. The largest absolute Gasteiger partial charge is 0.481 e. The lowest BCUT2D eigenvalue weighted by Crippen LogP contribution is -2.36. The number of rotatable bonds is 12. The maximum absolute atomic E-state index is 13.4. The Hall–Kier alpha value is -8.00. The number of aryl methyl sites for hydroxylation is 8. The first kappa shape index (κ1) is 53.8. The zero-order valence-electron chi connectivity index (χ0n) is 46.3. The van der Waals surface area contributed by atoms with Gasteiger partial charge in [0.1, 0.15) is 11.0 Å². The summed E-state index contributed by atoms with van der Waals surface area (Å²) in [6, 6.07) is 32.6. The summed E-state index contributed by atoms with van der Waals surface area (Å²) in [6.45, 7) is 23.8. The average molecular weight is 1040 g/mol. The molecular formula is C63H70N8O6. The highest BCUT2D eigenvalue weighted by molar-refractivity contribution is 5.95. The highest BCUT2D eigenvalue weighted by Gasteiger charge is 2.33. The number of carbonyl (C=O) groups excluding carboxylic acids is 3. The van der Waals surface area contributed by atoms with E-state index in [4.69, 9.17) is 4.74 Å². The molecular weight excluding hydrogens is 965 g/mol. The molecule has 0 aliphatic carbocycles. The molecule has 77 heavy (non-hydrogen) atoms. The van der Waals surface area contributed by atoms with Crippen LogP contribution in [-0.2, 0) is 53.3 Å². The van der Waals surface area contributed by atoms with Gasteiger partial charge in [-0.15, -0.1) is 10.2 Å². The van der Waals surface area contributed by atoms with Crippen LogP contribution in [0.1, 0.15) is 138 Å². The minimum absolute atomic E-state index is 0.0277. The Morgan fingerprint density at radius 2 is 0.974 bits per heavy atom. The highest BCUT2D eigenvalue weighted by Crippen LogP contribution is 2.40. The number of aromatic nitrogens is 6. The normalized spacial score (nSPS) is 14.7. The standard InChI is InChI=1S/C32H36N4O3.C31H34N4O3/c1-7-36-28-13-12-27(21(4)30(28)33-34-36)29(22(5)32(38)39-6)24-11-10-23-14-15-35(18-26(23)17-24)31(37)25-9-8-19(2)20(3)16-25;1-6-35-27-12-11-26(20(4)29(27)32-33-35)28(21(5)31(37)38)23-10-9-22-13-14-34(17-25(22)16-23)30(36)24-8-7-18(2)19(3)15-24/h8-13,16-17,22,29H,7,14-15,18H2,1-6H3;7-12,15-16,21,28H,6,13-14,17H2,1-5H3,(H,37,38)/t22-,29-;21-,28-/m00/s1. The number of benzene rings is 6. The Balaban J connectivity index is 0.000000188. The van der Waals surface area contributed by atoms with E-state index in [9.17, 15) is 24.3 Å². The third-order valence-corrected chi connectivity index (χ3v) is 16.5. The molecule has 2 aliphatic rings. The van der Waals surface area contributed by atoms with Crippen molar-refractivity contribution in [2.45, 2.75) is 120 Å². The molecule has 398 valence electrons. The number of hydrogen-bond acceptors (Lipinski definition) is 9. The second-order valence-corrected chi connectivity index (χ2v) is 21.1. The predicted molar refractivity (Wildman–Crippen MR) is 299 cm³/mol.